The number of anilines is 1. The van der Waals surface area contributed by atoms with Crippen LogP contribution in [-0.2, 0) is 6.42 Å². The molecule has 198 valence electrons. The molecule has 0 atom stereocenters. The summed E-state index contributed by atoms with van der Waals surface area (Å²) in [5.41, 5.74) is 14.8. The molecule has 0 bridgehead atoms. The van der Waals surface area contributed by atoms with Crippen LogP contribution in [0.5, 0.6) is 0 Å². The number of nitrogen functional groups attached to an aromatic ring is 1. The summed E-state index contributed by atoms with van der Waals surface area (Å²) in [4.78, 5) is 14.5. The van der Waals surface area contributed by atoms with Gasteiger partial charge >= 0.3 is 0 Å². The van der Waals surface area contributed by atoms with Crippen molar-refractivity contribution < 1.29 is 4.42 Å². The van der Waals surface area contributed by atoms with Gasteiger partial charge in [0.15, 0.2) is 0 Å². The fourth-order valence-corrected chi connectivity index (χ4v) is 6.56. The number of hydrogen-bond donors (Lipinski definition) is 1. The SMILES string of the molecule is C/C=C\c1ccc2cccc(-n3c4c(c5c(=O)n(-c6cccc7oc8ccccc8c67)ccc53)C=CCC4)c2c1N. The van der Waals surface area contributed by atoms with Crippen molar-refractivity contribution in [3.05, 3.63) is 124 Å². The lowest BCUT2D eigenvalue weighted by molar-refractivity contribution is 0.669. The third-order valence-corrected chi connectivity index (χ3v) is 8.32. The van der Waals surface area contributed by atoms with E-state index < -0.39 is 0 Å². The van der Waals surface area contributed by atoms with Crippen molar-refractivity contribution >= 4 is 61.5 Å². The number of rotatable bonds is 3. The van der Waals surface area contributed by atoms with E-state index in [1.54, 1.807) is 4.57 Å². The van der Waals surface area contributed by atoms with Crippen molar-refractivity contribution in [2.75, 3.05) is 5.73 Å². The van der Waals surface area contributed by atoms with E-state index in [9.17, 15) is 4.79 Å². The number of nitrogens with zero attached hydrogens (tertiary/aromatic N) is 2. The lowest BCUT2D eigenvalue weighted by atomic mass is 10.0. The van der Waals surface area contributed by atoms with Gasteiger partial charge < -0.3 is 14.7 Å². The first-order valence-corrected chi connectivity index (χ1v) is 14.0. The maximum absolute atomic E-state index is 14.5. The van der Waals surface area contributed by atoms with Gasteiger partial charge in [0, 0.05) is 33.9 Å². The van der Waals surface area contributed by atoms with Crippen molar-refractivity contribution in [2.45, 2.75) is 19.8 Å². The van der Waals surface area contributed by atoms with Crippen molar-refractivity contribution in [3.63, 3.8) is 0 Å². The average Bonchev–Trinajstić information content (AvgIpc) is 3.55. The lowest BCUT2D eigenvalue weighted by Gasteiger charge is -2.17. The molecule has 3 aromatic heterocycles. The molecular formula is C36H27N3O2. The molecule has 41 heavy (non-hydrogen) atoms. The van der Waals surface area contributed by atoms with Crippen LogP contribution in [0.2, 0.25) is 0 Å². The monoisotopic (exact) mass is 533 g/mol. The quantitative estimate of drug-likeness (QED) is 0.232. The fraction of sp³-hybridized carbons (Fsp3) is 0.0833. The summed E-state index contributed by atoms with van der Waals surface area (Å²) in [6.45, 7) is 2.00. The van der Waals surface area contributed by atoms with Crippen molar-refractivity contribution in [1.29, 1.82) is 0 Å². The molecule has 0 amide bonds. The van der Waals surface area contributed by atoms with E-state index in [-0.39, 0.29) is 5.56 Å². The van der Waals surface area contributed by atoms with Crippen LogP contribution in [-0.4, -0.2) is 9.13 Å². The maximum atomic E-state index is 14.5. The van der Waals surface area contributed by atoms with Crippen LogP contribution in [0.25, 0.3) is 67.1 Å². The smallest absolute Gasteiger partial charge is 0.265 e. The Balaban J connectivity index is 1.46. The largest absolute Gasteiger partial charge is 0.456 e. The second-order valence-electron chi connectivity index (χ2n) is 10.6. The van der Waals surface area contributed by atoms with Gasteiger partial charge in [-0.25, -0.2) is 0 Å². The second-order valence-corrected chi connectivity index (χ2v) is 10.6. The Labute approximate surface area is 236 Å². The first-order valence-electron chi connectivity index (χ1n) is 14.0. The third-order valence-electron chi connectivity index (χ3n) is 8.32. The number of pyridine rings is 1. The van der Waals surface area contributed by atoms with E-state index >= 15 is 0 Å². The number of aromatic nitrogens is 2. The first kappa shape index (κ1) is 23.6. The van der Waals surface area contributed by atoms with Crippen LogP contribution in [0, 0.1) is 0 Å². The van der Waals surface area contributed by atoms with Crippen molar-refractivity contribution in [1.82, 2.24) is 9.13 Å². The highest BCUT2D eigenvalue weighted by Gasteiger charge is 2.24. The van der Waals surface area contributed by atoms with Gasteiger partial charge in [-0.1, -0.05) is 72.8 Å². The standard InChI is InChI=1S/C36H27N3O2/c1-2-9-23-19-18-22-10-7-15-28(32(22)35(23)37)39-26-13-5-3-11-24(26)34-29(39)20-21-38(36(34)40)27-14-8-17-31-33(27)25-12-4-6-16-30(25)41-31/h2-4,6-12,14-21H,5,13,37H2,1H3/b9-2-. The van der Waals surface area contributed by atoms with Gasteiger partial charge in [-0.2, -0.15) is 0 Å². The molecule has 5 heteroatoms. The number of fused-ring (bicyclic) bond motifs is 7. The number of benzene rings is 4. The minimum absolute atomic E-state index is 0.0513. The summed E-state index contributed by atoms with van der Waals surface area (Å²) in [6.07, 6.45) is 12.0. The molecule has 0 saturated heterocycles. The molecule has 3 heterocycles. The molecule has 4 aromatic carbocycles. The summed E-state index contributed by atoms with van der Waals surface area (Å²) in [6, 6.07) is 26.4. The minimum Gasteiger partial charge on any atom is -0.456 e. The van der Waals surface area contributed by atoms with E-state index in [0.29, 0.717) is 5.39 Å². The molecule has 7 aromatic rings. The van der Waals surface area contributed by atoms with Gasteiger partial charge in [-0.3, -0.25) is 9.36 Å². The summed E-state index contributed by atoms with van der Waals surface area (Å²) >= 11 is 0. The van der Waals surface area contributed by atoms with E-state index in [4.69, 9.17) is 10.2 Å². The first-order chi connectivity index (χ1) is 20.2. The molecule has 0 radical (unpaired) electrons. The van der Waals surface area contributed by atoms with Gasteiger partial charge in [0.1, 0.15) is 11.2 Å². The Hall–Kier alpha value is -5.29. The topological polar surface area (TPSA) is 66.1 Å². The zero-order valence-corrected chi connectivity index (χ0v) is 22.6. The van der Waals surface area contributed by atoms with Crippen LogP contribution < -0.4 is 11.3 Å². The Kier molecular flexibility index (Phi) is 5.10. The molecule has 0 fully saturated rings. The Bertz CT molecular complexity index is 2310. The van der Waals surface area contributed by atoms with Gasteiger partial charge in [0.2, 0.25) is 0 Å². The number of hydrogen-bond acceptors (Lipinski definition) is 3. The molecule has 0 saturated carbocycles. The molecular weight excluding hydrogens is 506 g/mol. The summed E-state index contributed by atoms with van der Waals surface area (Å²) in [5, 5.41) is 4.71. The zero-order valence-electron chi connectivity index (χ0n) is 22.6. The van der Waals surface area contributed by atoms with Crippen LogP contribution in [0.15, 0.2) is 106 Å². The predicted molar refractivity (Wildman–Crippen MR) is 170 cm³/mol. The minimum atomic E-state index is -0.0513. The molecule has 1 aliphatic rings. The highest BCUT2D eigenvalue weighted by molar-refractivity contribution is 6.09. The van der Waals surface area contributed by atoms with E-state index in [0.717, 1.165) is 85.0 Å². The number of furan rings is 1. The average molecular weight is 534 g/mol. The number of allylic oxidation sites excluding steroid dienone is 2. The van der Waals surface area contributed by atoms with Gasteiger partial charge in [0.25, 0.3) is 5.56 Å². The van der Waals surface area contributed by atoms with Gasteiger partial charge in [-0.15, -0.1) is 0 Å². The fourth-order valence-electron chi connectivity index (χ4n) is 6.56. The molecule has 0 aliphatic heterocycles. The Morgan fingerprint density at radius 2 is 1.68 bits per heavy atom. The molecule has 8 rings (SSSR count). The van der Waals surface area contributed by atoms with Crippen LogP contribution in [0.4, 0.5) is 5.69 Å². The Morgan fingerprint density at radius 1 is 0.854 bits per heavy atom. The summed E-state index contributed by atoms with van der Waals surface area (Å²) < 4.78 is 10.1. The van der Waals surface area contributed by atoms with E-state index in [1.807, 2.05) is 67.7 Å². The van der Waals surface area contributed by atoms with Crippen molar-refractivity contribution in [3.8, 4) is 11.4 Å². The van der Waals surface area contributed by atoms with Crippen LogP contribution in [0.3, 0.4) is 0 Å². The number of para-hydroxylation sites is 1. The molecule has 0 unspecified atom stereocenters. The lowest BCUT2D eigenvalue weighted by Crippen LogP contribution is -2.18. The highest BCUT2D eigenvalue weighted by atomic mass is 16.3. The second kappa shape index (κ2) is 8.86. The predicted octanol–water partition coefficient (Wildman–Crippen LogP) is 8.41. The molecule has 2 N–H and O–H groups in total. The summed E-state index contributed by atoms with van der Waals surface area (Å²) in [5.74, 6) is 0. The van der Waals surface area contributed by atoms with E-state index in [2.05, 4.69) is 53.1 Å². The third kappa shape index (κ3) is 3.32. The van der Waals surface area contributed by atoms with Gasteiger partial charge in [0.05, 0.1) is 27.7 Å². The van der Waals surface area contributed by atoms with Gasteiger partial charge in [-0.05, 0) is 61.0 Å². The molecule has 0 spiro atoms. The molecule has 1 aliphatic carbocycles. The van der Waals surface area contributed by atoms with Crippen LogP contribution in [0.1, 0.15) is 30.2 Å². The zero-order chi connectivity index (χ0) is 27.7. The molecule has 5 nitrogen and oxygen atoms in total. The maximum Gasteiger partial charge on any atom is 0.265 e. The number of nitrogens with two attached hydrogens (primary N) is 1. The Morgan fingerprint density at radius 3 is 2.59 bits per heavy atom. The van der Waals surface area contributed by atoms with Crippen molar-refractivity contribution in [2.24, 2.45) is 0 Å². The normalized spacial score (nSPS) is 13.3. The van der Waals surface area contributed by atoms with Crippen LogP contribution >= 0.6 is 0 Å². The van der Waals surface area contributed by atoms with E-state index in [1.165, 1.54) is 0 Å². The summed E-state index contributed by atoms with van der Waals surface area (Å²) in [7, 11) is 0. The highest BCUT2D eigenvalue weighted by Crippen LogP contribution is 2.38.